The first-order chi connectivity index (χ1) is 22.2. The van der Waals surface area contributed by atoms with Gasteiger partial charge in [0.15, 0.2) is 0 Å². The van der Waals surface area contributed by atoms with Crippen LogP contribution in [0.2, 0.25) is 0 Å². The molecule has 0 atom stereocenters. The van der Waals surface area contributed by atoms with Crippen LogP contribution in [0.3, 0.4) is 0 Å². The summed E-state index contributed by atoms with van der Waals surface area (Å²) in [6.45, 7) is 4.64. The van der Waals surface area contributed by atoms with Gasteiger partial charge in [-0.3, -0.25) is 14.0 Å². The van der Waals surface area contributed by atoms with Crippen LogP contribution >= 0.6 is 7.60 Å². The summed E-state index contributed by atoms with van der Waals surface area (Å²) in [5.74, 6) is -1.09. The number of amides is 1. The van der Waals surface area contributed by atoms with Crippen LogP contribution in [0, 0.1) is 0 Å². The van der Waals surface area contributed by atoms with E-state index < -0.39 is 30.3 Å². The summed E-state index contributed by atoms with van der Waals surface area (Å²) in [5.41, 5.74) is 2.19. The maximum Gasteiger partial charge on any atom is 0.421 e. The fraction of sp³-hybridized carbons (Fsp3) is 0.355. The summed E-state index contributed by atoms with van der Waals surface area (Å²) in [6, 6.07) is 9.50. The van der Waals surface area contributed by atoms with E-state index in [2.05, 4.69) is 25.7 Å². The lowest BCUT2D eigenvalue weighted by Crippen LogP contribution is -2.24. The molecule has 0 saturated carbocycles. The van der Waals surface area contributed by atoms with Gasteiger partial charge in [-0.05, 0) is 47.7 Å². The zero-order valence-electron chi connectivity index (χ0n) is 26.2. The molecule has 0 fully saturated rings. The van der Waals surface area contributed by atoms with Crippen molar-refractivity contribution in [3.63, 3.8) is 0 Å². The lowest BCUT2D eigenvalue weighted by Gasteiger charge is -2.33. The molecular weight excluding hydrogens is 638 g/mol. The Hall–Kier alpha value is -4.30. The number of carbonyl (C=O) groups excluding carboxylic acids is 1. The average molecular weight is 674 g/mol. The van der Waals surface area contributed by atoms with Crippen molar-refractivity contribution in [2.24, 2.45) is 0 Å². The minimum atomic E-state index is -4.81. The molecule has 3 heterocycles. The largest absolute Gasteiger partial charge is 0.421 e. The van der Waals surface area contributed by atoms with Gasteiger partial charge in [0.05, 0.1) is 35.8 Å². The zero-order chi connectivity index (χ0) is 34.1. The number of aromatic nitrogens is 4. The highest BCUT2D eigenvalue weighted by molar-refractivity contribution is 7.53. The van der Waals surface area contributed by atoms with Gasteiger partial charge in [0, 0.05) is 44.3 Å². The molecule has 0 saturated heterocycles. The maximum atomic E-state index is 14.1. The van der Waals surface area contributed by atoms with Gasteiger partial charge in [0.1, 0.15) is 11.4 Å². The topological polar surface area (TPSA) is 155 Å². The fourth-order valence-corrected chi connectivity index (χ4v) is 7.15. The molecule has 16 heteroatoms. The summed E-state index contributed by atoms with van der Waals surface area (Å²) >= 11 is 0. The number of hydrogen-bond donors (Lipinski definition) is 4. The molecule has 250 valence electrons. The van der Waals surface area contributed by atoms with Crippen molar-refractivity contribution in [2.45, 2.75) is 51.1 Å². The first-order valence-corrected chi connectivity index (χ1v) is 16.4. The van der Waals surface area contributed by atoms with Crippen LogP contribution in [-0.4, -0.2) is 61.1 Å². The van der Waals surface area contributed by atoms with Gasteiger partial charge in [-0.1, -0.05) is 32.0 Å². The molecule has 0 spiro atoms. The van der Waals surface area contributed by atoms with Gasteiger partial charge in [0.2, 0.25) is 5.95 Å². The Bertz CT molecular complexity index is 1820. The van der Waals surface area contributed by atoms with Crippen molar-refractivity contribution in [2.75, 3.05) is 31.4 Å². The summed E-state index contributed by atoms with van der Waals surface area (Å²) in [4.78, 5) is 42.9. The molecule has 2 aromatic heterocycles. The Morgan fingerprint density at radius 1 is 1.04 bits per heavy atom. The molecule has 1 aliphatic rings. The smallest absolute Gasteiger partial charge is 0.383 e. The second-order valence-electron chi connectivity index (χ2n) is 11.2. The molecule has 0 aliphatic carbocycles. The van der Waals surface area contributed by atoms with E-state index in [1.165, 1.54) is 4.90 Å². The predicted octanol–water partition coefficient (Wildman–Crippen LogP) is 6.27. The average Bonchev–Trinajstić information content (AvgIpc) is 3.61. The third kappa shape index (κ3) is 6.61. The highest BCUT2D eigenvalue weighted by Crippen LogP contribution is 2.61. The Balaban J connectivity index is 1.48. The number of anilines is 4. The van der Waals surface area contributed by atoms with Crippen molar-refractivity contribution < 1.29 is 37.1 Å². The molecule has 5 rings (SSSR count). The molecule has 0 unspecified atom stereocenters. The van der Waals surface area contributed by atoms with E-state index in [4.69, 9.17) is 4.74 Å². The molecule has 47 heavy (non-hydrogen) atoms. The molecule has 4 aromatic rings. The van der Waals surface area contributed by atoms with E-state index in [1.54, 1.807) is 75.3 Å². The number of ether oxygens (including phenoxy) is 1. The highest BCUT2D eigenvalue weighted by atomic mass is 31.2. The normalized spacial score (nSPS) is 13.6. The van der Waals surface area contributed by atoms with Crippen LogP contribution < -0.4 is 10.6 Å². The maximum absolute atomic E-state index is 14.1. The van der Waals surface area contributed by atoms with Gasteiger partial charge in [-0.25, -0.2) is 4.98 Å². The minimum Gasteiger partial charge on any atom is -0.383 e. The standard InChI is InChI=1S/C31H35F3N7O5P/c1-5-30(6-2,47(43,44)45)20-7-9-21(10-8-20)37-29-35-16-24(31(32,33)34)27(39-29)38-25-12-11-22(23-18-40(3)28(42)26(23)25)19-15-36-41(17-19)13-14-46-4/h7-12,15-17H,5-6,13-14,18H2,1-4H3,(H2,43,44,45)(H2,35,37,38,39). The number of nitrogens with zero attached hydrogens (tertiary/aromatic N) is 5. The van der Waals surface area contributed by atoms with Crippen molar-refractivity contribution in [3.05, 3.63) is 77.2 Å². The second kappa shape index (κ2) is 13.1. The lowest BCUT2D eigenvalue weighted by molar-refractivity contribution is -0.137. The number of alkyl halides is 3. The van der Waals surface area contributed by atoms with Gasteiger partial charge < -0.3 is 30.1 Å². The van der Waals surface area contributed by atoms with Crippen LogP contribution in [0.1, 0.15) is 53.7 Å². The minimum absolute atomic E-state index is 0.150. The van der Waals surface area contributed by atoms with Crippen molar-refractivity contribution >= 4 is 36.6 Å². The monoisotopic (exact) mass is 673 g/mol. The number of rotatable bonds is 12. The number of fused-ring (bicyclic) bond motifs is 1. The molecule has 12 nitrogen and oxygen atoms in total. The van der Waals surface area contributed by atoms with Crippen molar-refractivity contribution in [1.82, 2.24) is 24.6 Å². The van der Waals surface area contributed by atoms with E-state index in [1.807, 2.05) is 6.20 Å². The fourth-order valence-electron chi connectivity index (χ4n) is 5.84. The summed E-state index contributed by atoms with van der Waals surface area (Å²) in [5, 5.41) is 8.59. The third-order valence-electron chi connectivity index (χ3n) is 8.49. The Kier molecular flexibility index (Phi) is 9.47. The van der Waals surface area contributed by atoms with Crippen LogP contribution in [0.5, 0.6) is 0 Å². The van der Waals surface area contributed by atoms with Crippen molar-refractivity contribution in [3.8, 4) is 11.1 Å². The van der Waals surface area contributed by atoms with Crippen LogP contribution in [-0.2, 0) is 33.7 Å². The quantitative estimate of drug-likeness (QED) is 0.127. The SMILES string of the molecule is CCC(CC)(c1ccc(Nc2ncc(C(F)(F)F)c(Nc3ccc(-c4cnn(CCOC)c4)c4c3C(=O)N(C)C4)n2)cc1)P(=O)(O)O. The van der Waals surface area contributed by atoms with Gasteiger partial charge in [-0.15, -0.1) is 0 Å². The molecule has 1 amide bonds. The number of nitrogens with one attached hydrogen (secondary N) is 2. The molecule has 1 aliphatic heterocycles. The number of halogens is 3. The van der Waals surface area contributed by atoms with E-state index >= 15 is 0 Å². The van der Waals surface area contributed by atoms with E-state index in [-0.39, 0.29) is 42.5 Å². The number of methoxy groups -OCH3 is 1. The lowest BCUT2D eigenvalue weighted by atomic mass is 9.92. The first-order valence-electron chi connectivity index (χ1n) is 14.8. The van der Waals surface area contributed by atoms with Crippen LogP contribution in [0.4, 0.5) is 36.3 Å². The number of carbonyl (C=O) groups is 1. The molecule has 0 bridgehead atoms. The van der Waals surface area contributed by atoms with E-state index in [9.17, 15) is 32.3 Å². The van der Waals surface area contributed by atoms with Gasteiger partial charge in [0.25, 0.3) is 5.91 Å². The first kappa shape index (κ1) is 34.0. The van der Waals surface area contributed by atoms with Gasteiger partial charge >= 0.3 is 13.8 Å². The van der Waals surface area contributed by atoms with Crippen molar-refractivity contribution in [1.29, 1.82) is 0 Å². The van der Waals surface area contributed by atoms with Gasteiger partial charge in [-0.2, -0.15) is 23.3 Å². The Morgan fingerprint density at radius 2 is 1.74 bits per heavy atom. The van der Waals surface area contributed by atoms with E-state index in [0.29, 0.717) is 36.2 Å². The predicted molar refractivity (Wildman–Crippen MR) is 170 cm³/mol. The van der Waals surface area contributed by atoms with Crippen LogP contribution in [0.15, 0.2) is 55.0 Å². The van der Waals surface area contributed by atoms with E-state index in [0.717, 1.165) is 11.1 Å². The Labute approximate surface area is 269 Å². The third-order valence-corrected chi connectivity index (χ3v) is 10.5. The Morgan fingerprint density at radius 3 is 2.36 bits per heavy atom. The second-order valence-corrected chi connectivity index (χ2v) is 13.2. The molecular formula is C31H35F3N7O5P. The molecule has 2 aromatic carbocycles. The molecule has 0 radical (unpaired) electrons. The number of benzene rings is 2. The summed E-state index contributed by atoms with van der Waals surface area (Å²) in [6.07, 6.45) is -0.269. The zero-order valence-corrected chi connectivity index (χ0v) is 27.1. The van der Waals surface area contributed by atoms with Crippen LogP contribution in [0.25, 0.3) is 11.1 Å². The number of hydrogen-bond acceptors (Lipinski definition) is 8. The molecule has 4 N–H and O–H groups in total. The summed E-state index contributed by atoms with van der Waals surface area (Å²) < 4.78 is 61.5. The highest BCUT2D eigenvalue weighted by Gasteiger charge is 2.45. The summed E-state index contributed by atoms with van der Waals surface area (Å²) in [7, 11) is -1.31.